The number of esters is 1. The topological polar surface area (TPSA) is 95.5 Å². The van der Waals surface area contributed by atoms with Gasteiger partial charge in [-0.15, -0.1) is 0 Å². The van der Waals surface area contributed by atoms with Crippen LogP contribution in [0.3, 0.4) is 0 Å². The zero-order valence-electron chi connectivity index (χ0n) is 23.7. The number of piperidine rings is 3. The predicted molar refractivity (Wildman–Crippen MR) is 153 cm³/mol. The Bertz CT molecular complexity index is 1350. The molecule has 3 aromatic rings. The number of carboxylic acid groups (broad SMARTS) is 1. The summed E-state index contributed by atoms with van der Waals surface area (Å²) in [4.78, 5) is 34.9. The van der Waals surface area contributed by atoms with Gasteiger partial charge in [-0.05, 0) is 17.7 Å². The molecule has 10 heteroatoms. The quantitative estimate of drug-likeness (QED) is 0.202. The average molecular weight is 597 g/mol. The molecule has 3 heterocycles. The first-order chi connectivity index (χ1) is 20.6. The Kier molecular flexibility index (Phi) is 10.6. The van der Waals surface area contributed by atoms with Crippen LogP contribution in [0, 0.1) is 5.92 Å². The van der Waals surface area contributed by atoms with E-state index in [0.717, 1.165) is 66.7 Å². The lowest BCUT2D eigenvalue weighted by molar-refractivity contribution is -0.946. The van der Waals surface area contributed by atoms with E-state index < -0.39 is 18.2 Å². The van der Waals surface area contributed by atoms with E-state index in [-0.39, 0.29) is 17.9 Å². The SMILES string of the molecule is O=C(CCC[N+]12CCC(CC1)[C@@H](OC(=O)C(Nc1ccccc1)c1ccccc1)C2)c1ccccc1.O=C([O-])C(F)(F)F. The molecule has 3 aliphatic rings. The number of fused-ring (bicyclic) bond motifs is 3. The third kappa shape index (κ3) is 8.90. The summed E-state index contributed by atoms with van der Waals surface area (Å²) in [5.74, 6) is -2.59. The molecule has 6 rings (SSSR count). The summed E-state index contributed by atoms with van der Waals surface area (Å²) in [6.07, 6.45) is -1.69. The van der Waals surface area contributed by atoms with Crippen LogP contribution in [0.15, 0.2) is 91.0 Å². The number of alkyl halides is 3. The number of anilines is 1. The average Bonchev–Trinajstić information content (AvgIpc) is 3.01. The van der Waals surface area contributed by atoms with E-state index in [1.54, 1.807) is 0 Å². The molecule has 2 bridgehead atoms. The Labute approximate surface area is 248 Å². The fraction of sp³-hybridized carbons (Fsp3) is 0.364. The van der Waals surface area contributed by atoms with Crippen LogP contribution in [-0.2, 0) is 14.3 Å². The monoisotopic (exact) mass is 596 g/mol. The first-order valence-electron chi connectivity index (χ1n) is 14.3. The van der Waals surface area contributed by atoms with Gasteiger partial charge in [-0.25, -0.2) is 4.79 Å². The molecule has 1 unspecified atom stereocenters. The highest BCUT2D eigenvalue weighted by atomic mass is 19.4. The second-order valence-corrected chi connectivity index (χ2v) is 11.0. The number of benzene rings is 3. The fourth-order valence-corrected chi connectivity index (χ4v) is 5.85. The van der Waals surface area contributed by atoms with Crippen molar-refractivity contribution in [1.82, 2.24) is 0 Å². The van der Waals surface area contributed by atoms with Gasteiger partial charge in [-0.2, -0.15) is 13.2 Å². The molecular weight excluding hydrogens is 561 g/mol. The van der Waals surface area contributed by atoms with Gasteiger partial charge in [-0.1, -0.05) is 78.9 Å². The van der Waals surface area contributed by atoms with Gasteiger partial charge in [0.2, 0.25) is 0 Å². The summed E-state index contributed by atoms with van der Waals surface area (Å²) in [6, 6.07) is 28.6. The number of ketones is 1. The van der Waals surface area contributed by atoms with Gasteiger partial charge in [-0.3, -0.25) is 4.79 Å². The molecule has 3 fully saturated rings. The van der Waals surface area contributed by atoms with Crippen LogP contribution in [0.25, 0.3) is 0 Å². The number of carbonyl (C=O) groups excluding carboxylic acids is 3. The molecular formula is C33H35F3N2O5. The van der Waals surface area contributed by atoms with E-state index in [1.807, 2.05) is 91.0 Å². The summed E-state index contributed by atoms with van der Waals surface area (Å²) in [6.45, 7) is 4.04. The number of aliphatic carboxylic acids is 1. The van der Waals surface area contributed by atoms with Gasteiger partial charge < -0.3 is 24.4 Å². The van der Waals surface area contributed by atoms with Crippen LogP contribution >= 0.6 is 0 Å². The number of quaternary nitrogens is 1. The molecule has 0 radical (unpaired) electrons. The number of hydrogen-bond donors (Lipinski definition) is 1. The van der Waals surface area contributed by atoms with Crippen molar-refractivity contribution in [2.24, 2.45) is 5.92 Å². The van der Waals surface area contributed by atoms with Crippen molar-refractivity contribution >= 4 is 23.4 Å². The van der Waals surface area contributed by atoms with E-state index in [4.69, 9.17) is 14.6 Å². The number of hydrogen-bond acceptors (Lipinski definition) is 6. The molecule has 3 aliphatic heterocycles. The van der Waals surface area contributed by atoms with Crippen LogP contribution in [0.1, 0.15) is 47.6 Å². The van der Waals surface area contributed by atoms with E-state index >= 15 is 0 Å². The van der Waals surface area contributed by atoms with Crippen molar-refractivity contribution in [3.63, 3.8) is 0 Å². The van der Waals surface area contributed by atoms with E-state index in [9.17, 15) is 22.8 Å². The summed E-state index contributed by atoms with van der Waals surface area (Å²) < 4.78 is 38.8. The highest BCUT2D eigenvalue weighted by Gasteiger charge is 2.47. The van der Waals surface area contributed by atoms with Crippen LogP contribution < -0.4 is 10.4 Å². The Morgan fingerprint density at radius 1 is 0.884 bits per heavy atom. The highest BCUT2D eigenvalue weighted by molar-refractivity contribution is 5.95. The van der Waals surface area contributed by atoms with Crippen molar-refractivity contribution < 1.29 is 41.9 Å². The van der Waals surface area contributed by atoms with Crippen molar-refractivity contribution in [3.05, 3.63) is 102 Å². The van der Waals surface area contributed by atoms with Crippen LogP contribution in [0.2, 0.25) is 0 Å². The number of carbonyl (C=O) groups is 3. The largest absolute Gasteiger partial charge is 0.542 e. The minimum Gasteiger partial charge on any atom is -0.542 e. The molecule has 3 saturated heterocycles. The number of halogens is 3. The molecule has 2 atom stereocenters. The minimum atomic E-state index is -5.19. The van der Waals surface area contributed by atoms with Gasteiger partial charge in [0.25, 0.3) is 0 Å². The molecule has 1 N–H and O–H groups in total. The molecule has 228 valence electrons. The first kappa shape index (κ1) is 31.7. The molecule has 0 aliphatic carbocycles. The van der Waals surface area contributed by atoms with Gasteiger partial charge in [0.05, 0.1) is 19.6 Å². The molecule has 0 aromatic heterocycles. The second kappa shape index (κ2) is 14.3. The smallest absolute Gasteiger partial charge is 0.430 e. The number of Topliss-reactive ketones (excluding diaryl/α,β-unsaturated/α-hetero) is 1. The summed E-state index contributed by atoms with van der Waals surface area (Å²) in [7, 11) is 0. The van der Waals surface area contributed by atoms with E-state index in [1.165, 1.54) is 0 Å². The van der Waals surface area contributed by atoms with Crippen molar-refractivity contribution in [3.8, 4) is 0 Å². The molecule has 43 heavy (non-hydrogen) atoms. The number of para-hydroxylation sites is 1. The Morgan fingerprint density at radius 3 is 1.98 bits per heavy atom. The molecule has 0 amide bonds. The first-order valence-corrected chi connectivity index (χ1v) is 14.3. The highest BCUT2D eigenvalue weighted by Crippen LogP contribution is 2.37. The summed E-state index contributed by atoms with van der Waals surface area (Å²) in [5, 5.41) is 12.2. The lowest BCUT2D eigenvalue weighted by atomic mass is 9.83. The number of rotatable bonds is 10. The second-order valence-electron chi connectivity index (χ2n) is 11.0. The maximum Gasteiger partial charge on any atom is 0.430 e. The predicted octanol–water partition coefficient (Wildman–Crippen LogP) is 4.95. The van der Waals surface area contributed by atoms with E-state index in [2.05, 4.69) is 5.32 Å². The van der Waals surface area contributed by atoms with Crippen LogP contribution in [0.5, 0.6) is 0 Å². The number of carboxylic acids is 1. The zero-order valence-corrected chi connectivity index (χ0v) is 23.7. The standard InChI is InChI=1S/C31H35N2O3.C2HF3O2/c34-28(24-11-4-1-5-12-24)17-10-20-33-21-18-25(19-22-33)29(23-33)36-31(35)30(26-13-6-2-7-14-26)32-27-15-8-3-9-16-27;3-2(4,5)1(6)7/h1-9,11-16,25,29-30,32H,10,17-23H2;(H,6,7)/q+1;/p-1/t25?,29-,30?,33?;/m0./s1. The van der Waals surface area contributed by atoms with Crippen molar-refractivity contribution in [1.29, 1.82) is 0 Å². The minimum absolute atomic E-state index is 0.0754. The Balaban J connectivity index is 0.000000541. The Morgan fingerprint density at radius 2 is 1.42 bits per heavy atom. The summed E-state index contributed by atoms with van der Waals surface area (Å²) >= 11 is 0. The van der Waals surface area contributed by atoms with Crippen molar-refractivity contribution in [2.75, 3.05) is 31.5 Å². The molecule has 7 nitrogen and oxygen atoms in total. The third-order valence-electron chi connectivity index (χ3n) is 8.13. The van der Waals surface area contributed by atoms with Crippen LogP contribution in [0.4, 0.5) is 18.9 Å². The normalized spacial score (nSPS) is 21.6. The van der Waals surface area contributed by atoms with Gasteiger partial charge in [0.15, 0.2) is 17.9 Å². The molecule has 0 spiro atoms. The lowest BCUT2D eigenvalue weighted by Crippen LogP contribution is -2.64. The number of ether oxygens (including phenoxy) is 1. The molecule has 3 aromatic carbocycles. The number of nitrogens with one attached hydrogen (secondary N) is 1. The number of nitrogens with zero attached hydrogens (tertiary/aromatic N) is 1. The molecule has 0 saturated carbocycles. The lowest BCUT2D eigenvalue weighted by Gasteiger charge is -2.52. The van der Waals surface area contributed by atoms with Crippen molar-refractivity contribution in [2.45, 2.75) is 44.0 Å². The fourth-order valence-electron chi connectivity index (χ4n) is 5.85. The van der Waals surface area contributed by atoms with Gasteiger partial charge >= 0.3 is 12.1 Å². The zero-order chi connectivity index (χ0) is 30.9. The van der Waals surface area contributed by atoms with Gasteiger partial charge in [0.1, 0.15) is 12.5 Å². The Hall–Kier alpha value is -4.18. The maximum absolute atomic E-state index is 13.5. The van der Waals surface area contributed by atoms with Gasteiger partial charge in [0, 0.05) is 42.9 Å². The maximum atomic E-state index is 13.5. The van der Waals surface area contributed by atoms with Crippen LogP contribution in [-0.4, -0.2) is 60.7 Å². The van der Waals surface area contributed by atoms with E-state index in [0.29, 0.717) is 12.3 Å². The third-order valence-corrected chi connectivity index (χ3v) is 8.13. The summed E-state index contributed by atoms with van der Waals surface area (Å²) in [5.41, 5.74) is 2.58.